The van der Waals surface area contributed by atoms with Gasteiger partial charge in [-0.15, -0.1) is 0 Å². The first-order valence-corrected chi connectivity index (χ1v) is 16.8. The highest BCUT2D eigenvalue weighted by Crippen LogP contribution is 2.36. The lowest BCUT2D eigenvalue weighted by Gasteiger charge is -2.27. The first-order valence-electron chi connectivity index (χ1n) is 16.4. The summed E-state index contributed by atoms with van der Waals surface area (Å²) in [7, 11) is 0. The fourth-order valence-electron chi connectivity index (χ4n) is 6.22. The van der Waals surface area contributed by atoms with E-state index < -0.39 is 0 Å². The molecule has 0 atom stereocenters. The molecule has 1 amide bonds. The van der Waals surface area contributed by atoms with Gasteiger partial charge < -0.3 is 14.4 Å². The lowest BCUT2D eigenvalue weighted by molar-refractivity contribution is 0.0772. The van der Waals surface area contributed by atoms with Crippen molar-refractivity contribution in [1.29, 1.82) is 5.26 Å². The van der Waals surface area contributed by atoms with Gasteiger partial charge in [-0.25, -0.2) is 0 Å². The zero-order chi connectivity index (χ0) is 33.3. The van der Waals surface area contributed by atoms with Gasteiger partial charge in [0.05, 0.1) is 10.6 Å². The normalized spacial score (nSPS) is 13.2. The molecule has 0 unspecified atom stereocenters. The largest absolute Gasteiger partial charge is 0.488 e. The van der Waals surface area contributed by atoms with Crippen LogP contribution < -0.4 is 9.47 Å². The number of carbonyl (C=O) groups excluding carboxylic acids is 1. The van der Waals surface area contributed by atoms with Crippen LogP contribution in [0.3, 0.4) is 0 Å². The molecule has 2 heterocycles. The SMILES string of the molecule is CCN(CC)C(=O)c1cccc(-c2cccc(COc3cc(OCc4cncc(C#N)c4)c(CN4CCCCC4)cc3Cl)c2C)c1C. The van der Waals surface area contributed by atoms with Crippen molar-refractivity contribution in [3.05, 3.63) is 111 Å². The fraction of sp³-hybridized carbons (Fsp3) is 0.359. The lowest BCUT2D eigenvalue weighted by atomic mass is 9.91. The van der Waals surface area contributed by atoms with Crippen molar-refractivity contribution in [1.82, 2.24) is 14.8 Å². The fourth-order valence-corrected chi connectivity index (χ4v) is 6.46. The van der Waals surface area contributed by atoms with Gasteiger partial charge in [0, 0.05) is 54.8 Å². The maximum atomic E-state index is 13.2. The molecule has 0 radical (unpaired) electrons. The minimum absolute atomic E-state index is 0.0527. The smallest absolute Gasteiger partial charge is 0.254 e. The summed E-state index contributed by atoms with van der Waals surface area (Å²) in [6, 6.07) is 19.9. The maximum Gasteiger partial charge on any atom is 0.254 e. The molecule has 47 heavy (non-hydrogen) atoms. The second kappa shape index (κ2) is 15.9. The van der Waals surface area contributed by atoms with Crippen molar-refractivity contribution in [3.8, 4) is 28.7 Å². The van der Waals surface area contributed by atoms with Crippen LogP contribution in [0, 0.1) is 25.2 Å². The second-order valence-electron chi connectivity index (χ2n) is 12.0. The van der Waals surface area contributed by atoms with Crippen molar-refractivity contribution >= 4 is 17.5 Å². The molecule has 3 aromatic carbocycles. The summed E-state index contributed by atoms with van der Waals surface area (Å²) >= 11 is 6.85. The number of piperidine rings is 1. The molecule has 1 saturated heterocycles. The summed E-state index contributed by atoms with van der Waals surface area (Å²) in [5, 5.41) is 9.83. The highest BCUT2D eigenvalue weighted by molar-refractivity contribution is 6.32. The zero-order valence-electron chi connectivity index (χ0n) is 27.8. The van der Waals surface area contributed by atoms with Crippen LogP contribution in [0.15, 0.2) is 67.0 Å². The van der Waals surface area contributed by atoms with Gasteiger partial charge in [-0.2, -0.15) is 5.26 Å². The van der Waals surface area contributed by atoms with E-state index in [1.54, 1.807) is 18.5 Å². The highest BCUT2D eigenvalue weighted by atomic mass is 35.5. The molecule has 5 rings (SSSR count). The number of carbonyl (C=O) groups is 1. The Morgan fingerprint density at radius 3 is 2.32 bits per heavy atom. The van der Waals surface area contributed by atoms with Crippen LogP contribution in [-0.2, 0) is 19.8 Å². The molecule has 1 aliphatic heterocycles. The Bertz CT molecular complexity index is 1760. The van der Waals surface area contributed by atoms with Crippen LogP contribution in [-0.4, -0.2) is 46.9 Å². The third kappa shape index (κ3) is 8.13. The van der Waals surface area contributed by atoms with Crippen molar-refractivity contribution in [2.75, 3.05) is 26.2 Å². The number of rotatable bonds is 12. The van der Waals surface area contributed by atoms with Gasteiger partial charge in [-0.1, -0.05) is 48.4 Å². The number of benzene rings is 3. The van der Waals surface area contributed by atoms with E-state index in [0.717, 1.165) is 64.1 Å². The average molecular weight is 651 g/mol. The third-order valence-corrected chi connectivity index (χ3v) is 9.31. The summed E-state index contributed by atoms with van der Waals surface area (Å²) in [6.07, 6.45) is 6.89. The number of hydrogen-bond acceptors (Lipinski definition) is 6. The predicted octanol–water partition coefficient (Wildman–Crippen LogP) is 8.52. The van der Waals surface area contributed by atoms with Crippen molar-refractivity contribution < 1.29 is 14.3 Å². The second-order valence-corrected chi connectivity index (χ2v) is 12.5. The van der Waals surface area contributed by atoms with Crippen LogP contribution in [0.4, 0.5) is 0 Å². The van der Waals surface area contributed by atoms with E-state index in [4.69, 9.17) is 21.1 Å². The average Bonchev–Trinajstić information content (AvgIpc) is 3.09. The van der Waals surface area contributed by atoms with Gasteiger partial charge in [-0.3, -0.25) is 14.7 Å². The summed E-state index contributed by atoms with van der Waals surface area (Å²) in [5.74, 6) is 1.30. The summed E-state index contributed by atoms with van der Waals surface area (Å²) in [4.78, 5) is 21.7. The van der Waals surface area contributed by atoms with E-state index in [0.29, 0.717) is 41.8 Å². The number of likely N-dealkylation sites (tertiary alicyclic amines) is 1. The number of ether oxygens (including phenoxy) is 2. The van der Waals surface area contributed by atoms with Gasteiger partial charge in [0.15, 0.2) is 0 Å². The van der Waals surface area contributed by atoms with E-state index >= 15 is 0 Å². The van der Waals surface area contributed by atoms with Gasteiger partial charge in [-0.05, 0) is 99.6 Å². The number of hydrogen-bond donors (Lipinski definition) is 0. The first kappa shape index (κ1) is 34.0. The number of aromatic nitrogens is 1. The summed E-state index contributed by atoms with van der Waals surface area (Å²) in [6.45, 7) is 12.9. The van der Waals surface area contributed by atoms with Crippen molar-refractivity contribution in [3.63, 3.8) is 0 Å². The molecule has 4 aromatic rings. The molecule has 1 aromatic heterocycles. The molecule has 1 fully saturated rings. The van der Waals surface area contributed by atoms with Gasteiger partial charge in [0.2, 0.25) is 0 Å². The molecule has 0 bridgehead atoms. The minimum atomic E-state index is 0.0527. The highest BCUT2D eigenvalue weighted by Gasteiger charge is 2.20. The molecule has 0 N–H and O–H groups in total. The van der Waals surface area contributed by atoms with E-state index in [-0.39, 0.29) is 12.5 Å². The van der Waals surface area contributed by atoms with Crippen LogP contribution in [0.5, 0.6) is 11.5 Å². The Morgan fingerprint density at radius 1 is 0.894 bits per heavy atom. The zero-order valence-corrected chi connectivity index (χ0v) is 28.6. The minimum Gasteiger partial charge on any atom is -0.488 e. The van der Waals surface area contributed by atoms with Gasteiger partial charge in [0.1, 0.15) is 30.8 Å². The molecule has 1 aliphatic rings. The molecule has 8 heteroatoms. The van der Waals surface area contributed by atoms with E-state index in [9.17, 15) is 10.1 Å². The molecular formula is C39H43ClN4O3. The number of pyridine rings is 1. The van der Waals surface area contributed by atoms with Crippen LogP contribution >= 0.6 is 11.6 Å². The monoisotopic (exact) mass is 650 g/mol. The van der Waals surface area contributed by atoms with E-state index in [1.165, 1.54) is 19.3 Å². The number of amides is 1. The Kier molecular flexibility index (Phi) is 11.5. The number of halogens is 1. The number of nitrogens with zero attached hydrogens (tertiary/aromatic N) is 4. The number of nitriles is 1. The lowest BCUT2D eigenvalue weighted by Crippen LogP contribution is -2.31. The Hall–Kier alpha value is -4.38. The molecular weight excluding hydrogens is 608 g/mol. The van der Waals surface area contributed by atoms with Crippen LogP contribution in [0.2, 0.25) is 5.02 Å². The topological polar surface area (TPSA) is 78.7 Å². The van der Waals surface area contributed by atoms with Crippen molar-refractivity contribution in [2.45, 2.75) is 66.7 Å². The summed E-state index contributed by atoms with van der Waals surface area (Å²) < 4.78 is 12.7. The first-order chi connectivity index (χ1) is 22.8. The van der Waals surface area contributed by atoms with Crippen molar-refractivity contribution in [2.24, 2.45) is 0 Å². The molecule has 244 valence electrons. The van der Waals surface area contributed by atoms with E-state index in [2.05, 4.69) is 41.1 Å². The maximum absolute atomic E-state index is 13.2. The predicted molar refractivity (Wildman–Crippen MR) is 187 cm³/mol. The molecule has 7 nitrogen and oxygen atoms in total. The van der Waals surface area contributed by atoms with Gasteiger partial charge >= 0.3 is 0 Å². The Balaban J connectivity index is 1.39. The third-order valence-electron chi connectivity index (χ3n) is 9.01. The quantitative estimate of drug-likeness (QED) is 0.153. The van der Waals surface area contributed by atoms with Gasteiger partial charge in [0.25, 0.3) is 5.91 Å². The molecule has 0 spiro atoms. The van der Waals surface area contributed by atoms with Crippen LogP contribution in [0.1, 0.15) is 76.8 Å². The Morgan fingerprint density at radius 2 is 1.60 bits per heavy atom. The standard InChI is InChI=1S/C39H43ClN4O3/c1-5-44(6-2)39(45)35-15-11-14-34(28(35)4)33-13-10-12-31(27(33)3)26-47-38-20-37(46-25-30-18-29(21-41)22-42-23-30)32(19-36(38)40)24-43-16-8-7-9-17-43/h10-15,18-20,22-23H,5-9,16-17,24-26H2,1-4H3. The Labute approximate surface area is 283 Å². The summed E-state index contributed by atoms with van der Waals surface area (Å²) in [5.41, 5.74) is 8.22. The molecule has 0 aliphatic carbocycles. The van der Waals surface area contributed by atoms with E-state index in [1.807, 2.05) is 56.0 Å². The van der Waals surface area contributed by atoms with Crippen LogP contribution in [0.25, 0.3) is 11.1 Å². The molecule has 0 saturated carbocycles.